The van der Waals surface area contributed by atoms with Gasteiger partial charge in [0, 0.05) is 26.6 Å². The minimum absolute atomic E-state index is 0.0114. The van der Waals surface area contributed by atoms with Gasteiger partial charge in [-0.2, -0.15) is 0 Å². The van der Waals surface area contributed by atoms with Crippen LogP contribution in [0.1, 0.15) is 22.5 Å². The number of nitrogens with one attached hydrogen (secondary N) is 1. The van der Waals surface area contributed by atoms with Crippen molar-refractivity contribution < 1.29 is 14.3 Å². The van der Waals surface area contributed by atoms with Gasteiger partial charge in [0.25, 0.3) is 11.8 Å². The van der Waals surface area contributed by atoms with Crippen LogP contribution in [-0.4, -0.2) is 21.5 Å². The molecule has 0 radical (unpaired) electrons. The number of carbonyl (C=O) groups excluding carboxylic acids is 2. The van der Waals surface area contributed by atoms with Gasteiger partial charge in [0.05, 0.1) is 5.69 Å². The molecule has 3 aromatic carbocycles. The topological polar surface area (TPSA) is 63.6 Å². The van der Waals surface area contributed by atoms with E-state index >= 15 is 0 Å². The van der Waals surface area contributed by atoms with E-state index in [1.54, 1.807) is 30.3 Å². The lowest BCUT2D eigenvalue weighted by molar-refractivity contribution is -0.122. The number of hydrogen-bond donors (Lipinski definition) is 1. The lowest BCUT2D eigenvalue weighted by Crippen LogP contribution is -2.54. The lowest BCUT2D eigenvalue weighted by atomic mass is 10.1. The average Bonchev–Trinajstić information content (AvgIpc) is 3.19. The lowest BCUT2D eigenvalue weighted by Gasteiger charge is -2.29. The molecular formula is C30H23BrClN3O3S. The third-order valence-electron chi connectivity index (χ3n) is 6.35. The molecule has 0 spiro atoms. The molecule has 2 heterocycles. The molecule has 1 N–H and O–H groups in total. The molecule has 0 aliphatic carbocycles. The first-order valence-electron chi connectivity index (χ1n) is 12.0. The second-order valence-corrected chi connectivity index (χ2v) is 10.7. The fraction of sp³-hybridized carbons (Fsp3) is 0.100. The maximum absolute atomic E-state index is 13.4. The molecule has 196 valence electrons. The zero-order chi connectivity index (χ0) is 27.7. The van der Waals surface area contributed by atoms with Gasteiger partial charge < -0.3 is 9.30 Å². The Morgan fingerprint density at radius 2 is 1.69 bits per heavy atom. The summed E-state index contributed by atoms with van der Waals surface area (Å²) in [5, 5.41) is 3.09. The van der Waals surface area contributed by atoms with Crippen molar-refractivity contribution in [2.24, 2.45) is 0 Å². The highest BCUT2D eigenvalue weighted by Gasteiger charge is 2.34. The quantitative estimate of drug-likeness (QED) is 0.144. The van der Waals surface area contributed by atoms with Crippen LogP contribution in [0.2, 0.25) is 5.02 Å². The molecule has 1 fully saturated rings. The summed E-state index contributed by atoms with van der Waals surface area (Å²) in [7, 11) is 0. The first-order valence-corrected chi connectivity index (χ1v) is 13.6. The Morgan fingerprint density at radius 1 is 0.974 bits per heavy atom. The van der Waals surface area contributed by atoms with E-state index < -0.39 is 11.8 Å². The van der Waals surface area contributed by atoms with E-state index in [4.69, 9.17) is 28.6 Å². The van der Waals surface area contributed by atoms with Crippen LogP contribution in [0.15, 0.2) is 88.9 Å². The maximum Gasteiger partial charge on any atom is 0.270 e. The van der Waals surface area contributed by atoms with Crippen molar-refractivity contribution in [2.75, 3.05) is 4.90 Å². The molecule has 6 nitrogen and oxygen atoms in total. The highest BCUT2D eigenvalue weighted by atomic mass is 79.9. The number of aromatic nitrogens is 1. The van der Waals surface area contributed by atoms with Crippen LogP contribution in [0.5, 0.6) is 5.75 Å². The van der Waals surface area contributed by atoms with Gasteiger partial charge in [0.15, 0.2) is 5.11 Å². The number of carbonyl (C=O) groups is 2. The standard InChI is InChI=1S/C30H23BrClN3O3S/c1-18-14-21(15-27-28(36)33-30(39)35(29(27)37)25-5-3-4-23(32)16-25)19(2)34(18)24-10-12-26(13-11-24)38-17-20-6-8-22(31)9-7-20/h3-16H,17H2,1-2H3,(H,33,36,39)/b27-15+. The van der Waals surface area contributed by atoms with Gasteiger partial charge >= 0.3 is 0 Å². The van der Waals surface area contributed by atoms with Crippen molar-refractivity contribution in [3.63, 3.8) is 0 Å². The summed E-state index contributed by atoms with van der Waals surface area (Å²) in [4.78, 5) is 27.5. The molecule has 2 amide bonds. The van der Waals surface area contributed by atoms with E-state index in [-0.39, 0.29) is 10.7 Å². The van der Waals surface area contributed by atoms with Crippen molar-refractivity contribution in [3.8, 4) is 11.4 Å². The van der Waals surface area contributed by atoms with E-state index in [0.717, 1.165) is 38.4 Å². The van der Waals surface area contributed by atoms with Gasteiger partial charge in [0.2, 0.25) is 0 Å². The summed E-state index contributed by atoms with van der Waals surface area (Å²) < 4.78 is 9.03. The van der Waals surface area contributed by atoms with Gasteiger partial charge in [-0.15, -0.1) is 0 Å². The second-order valence-electron chi connectivity index (χ2n) is 9.01. The number of halogens is 2. The molecular weight excluding hydrogens is 598 g/mol. The normalized spacial score (nSPS) is 14.6. The van der Waals surface area contributed by atoms with Crippen LogP contribution < -0.4 is 15.0 Å². The molecule has 0 saturated carbocycles. The van der Waals surface area contributed by atoms with Crippen LogP contribution >= 0.6 is 39.7 Å². The highest BCUT2D eigenvalue weighted by Crippen LogP contribution is 2.28. The molecule has 4 aromatic rings. The first-order chi connectivity index (χ1) is 18.7. The Bertz CT molecular complexity index is 1630. The molecule has 1 aromatic heterocycles. The number of thiocarbonyl (C=S) groups is 1. The van der Waals surface area contributed by atoms with E-state index in [1.807, 2.05) is 68.4 Å². The van der Waals surface area contributed by atoms with Gasteiger partial charge in [-0.25, -0.2) is 0 Å². The Hall–Kier alpha value is -3.72. The van der Waals surface area contributed by atoms with Crippen molar-refractivity contribution in [1.29, 1.82) is 0 Å². The van der Waals surface area contributed by atoms with Crippen molar-refractivity contribution in [2.45, 2.75) is 20.5 Å². The zero-order valence-electron chi connectivity index (χ0n) is 21.1. The van der Waals surface area contributed by atoms with E-state index in [0.29, 0.717) is 17.3 Å². The summed E-state index contributed by atoms with van der Waals surface area (Å²) >= 11 is 14.8. The molecule has 0 bridgehead atoms. The fourth-order valence-electron chi connectivity index (χ4n) is 4.43. The Balaban J connectivity index is 1.39. The van der Waals surface area contributed by atoms with Crippen molar-refractivity contribution in [1.82, 2.24) is 9.88 Å². The third-order valence-corrected chi connectivity index (χ3v) is 7.40. The summed E-state index contributed by atoms with van der Waals surface area (Å²) in [5.41, 5.74) is 5.07. The predicted octanol–water partition coefficient (Wildman–Crippen LogP) is 6.92. The van der Waals surface area contributed by atoms with Gasteiger partial charge in [-0.1, -0.05) is 45.7 Å². The average molecular weight is 621 g/mol. The van der Waals surface area contributed by atoms with Gasteiger partial charge in [-0.05, 0) is 104 Å². The number of anilines is 1. The number of benzene rings is 3. The number of amides is 2. The summed E-state index contributed by atoms with van der Waals surface area (Å²) in [6.07, 6.45) is 1.60. The second kappa shape index (κ2) is 11.2. The molecule has 1 saturated heterocycles. The van der Waals surface area contributed by atoms with Crippen LogP contribution in [0.25, 0.3) is 11.8 Å². The summed E-state index contributed by atoms with van der Waals surface area (Å²) in [6.45, 7) is 4.39. The number of hydrogen-bond acceptors (Lipinski definition) is 4. The van der Waals surface area contributed by atoms with Gasteiger partial charge in [-0.3, -0.25) is 19.8 Å². The molecule has 5 rings (SSSR count). The maximum atomic E-state index is 13.4. The summed E-state index contributed by atoms with van der Waals surface area (Å²) in [6, 6.07) is 24.5. The van der Waals surface area contributed by atoms with Crippen LogP contribution in [0, 0.1) is 13.8 Å². The molecule has 9 heteroatoms. The monoisotopic (exact) mass is 619 g/mol. The van der Waals surface area contributed by atoms with Crippen LogP contribution in [0.4, 0.5) is 5.69 Å². The number of ether oxygens (including phenoxy) is 1. The predicted molar refractivity (Wildman–Crippen MR) is 161 cm³/mol. The van der Waals surface area contributed by atoms with Crippen molar-refractivity contribution >= 4 is 68.4 Å². The minimum atomic E-state index is -0.541. The van der Waals surface area contributed by atoms with Gasteiger partial charge in [0.1, 0.15) is 17.9 Å². The largest absolute Gasteiger partial charge is 0.489 e. The van der Waals surface area contributed by atoms with Crippen LogP contribution in [0.3, 0.4) is 0 Å². The molecule has 1 aliphatic rings. The summed E-state index contributed by atoms with van der Waals surface area (Å²) in [5.74, 6) is -0.295. The third kappa shape index (κ3) is 5.68. The minimum Gasteiger partial charge on any atom is -0.489 e. The van der Waals surface area contributed by atoms with E-state index in [2.05, 4.69) is 25.8 Å². The Labute approximate surface area is 245 Å². The smallest absolute Gasteiger partial charge is 0.270 e. The van der Waals surface area contributed by atoms with E-state index in [1.165, 1.54) is 4.90 Å². The Kier molecular flexibility index (Phi) is 7.70. The first kappa shape index (κ1) is 26.9. The molecule has 1 aliphatic heterocycles. The number of rotatable bonds is 6. The molecule has 0 atom stereocenters. The highest BCUT2D eigenvalue weighted by molar-refractivity contribution is 9.10. The Morgan fingerprint density at radius 3 is 2.38 bits per heavy atom. The molecule has 39 heavy (non-hydrogen) atoms. The SMILES string of the molecule is Cc1cc(/C=C2\C(=O)NC(=S)N(c3cccc(Cl)c3)C2=O)c(C)n1-c1ccc(OCc2ccc(Br)cc2)cc1. The number of nitrogens with zero attached hydrogens (tertiary/aromatic N) is 2. The number of aryl methyl sites for hydroxylation is 1. The fourth-order valence-corrected chi connectivity index (χ4v) is 5.16. The van der Waals surface area contributed by atoms with Crippen molar-refractivity contribution in [3.05, 3.63) is 116 Å². The van der Waals surface area contributed by atoms with E-state index in [9.17, 15) is 9.59 Å². The molecule has 0 unspecified atom stereocenters. The van der Waals surface area contributed by atoms with Crippen LogP contribution in [-0.2, 0) is 16.2 Å². The zero-order valence-corrected chi connectivity index (χ0v) is 24.2.